The number of guanidine groups is 1. The number of hydrogen-bond donors (Lipinski definition) is 3. The molecule has 0 fully saturated rings. The van der Waals surface area contributed by atoms with Gasteiger partial charge in [-0.2, -0.15) is 0 Å². The van der Waals surface area contributed by atoms with E-state index in [0.717, 1.165) is 22.4 Å². The molecule has 0 saturated heterocycles. The zero-order valence-electron chi connectivity index (χ0n) is 18.0. The molecule has 166 valence electrons. The molecule has 0 saturated carbocycles. The number of aryl methyl sites for hydroxylation is 1. The summed E-state index contributed by atoms with van der Waals surface area (Å²) in [6.45, 7) is 6.70. The molecule has 0 atom stereocenters. The van der Waals surface area contributed by atoms with Crippen LogP contribution in [0, 0.1) is 6.92 Å². The minimum Gasteiger partial charge on any atom is -0.508 e. The summed E-state index contributed by atoms with van der Waals surface area (Å²) in [4.78, 5) is 4.24. The third kappa shape index (κ3) is 8.27. The van der Waals surface area contributed by atoms with Crippen molar-refractivity contribution in [3.8, 4) is 17.2 Å². The van der Waals surface area contributed by atoms with E-state index in [1.807, 2.05) is 26.0 Å². The first-order valence-corrected chi connectivity index (χ1v) is 9.67. The quantitative estimate of drug-likeness (QED) is 0.189. The van der Waals surface area contributed by atoms with Crippen LogP contribution in [-0.2, 0) is 17.8 Å². The Kier molecular flexibility index (Phi) is 12.0. The molecule has 2 aromatic rings. The van der Waals surface area contributed by atoms with Gasteiger partial charge in [0.15, 0.2) is 5.96 Å². The molecular weight excluding hydrogens is 497 g/mol. The molecule has 2 rings (SSSR count). The highest BCUT2D eigenvalue weighted by molar-refractivity contribution is 14.0. The van der Waals surface area contributed by atoms with Crippen molar-refractivity contribution in [2.45, 2.75) is 26.9 Å². The van der Waals surface area contributed by atoms with Crippen molar-refractivity contribution in [3.05, 3.63) is 53.1 Å². The Hall–Kier alpha value is -2.20. The van der Waals surface area contributed by atoms with Crippen LogP contribution in [0.2, 0.25) is 0 Å². The van der Waals surface area contributed by atoms with Gasteiger partial charge >= 0.3 is 0 Å². The Bertz CT molecular complexity index is 815. The minimum absolute atomic E-state index is 0. The van der Waals surface area contributed by atoms with Gasteiger partial charge in [0.05, 0.1) is 13.7 Å². The predicted octanol–water partition coefficient (Wildman–Crippen LogP) is 3.61. The summed E-state index contributed by atoms with van der Waals surface area (Å²) in [5, 5.41) is 16.5. The van der Waals surface area contributed by atoms with E-state index in [1.165, 1.54) is 0 Å². The van der Waals surface area contributed by atoms with Gasteiger partial charge in [0.1, 0.15) is 23.9 Å². The van der Waals surface area contributed by atoms with Crippen molar-refractivity contribution in [1.82, 2.24) is 10.6 Å². The van der Waals surface area contributed by atoms with Crippen LogP contribution in [0.15, 0.2) is 41.4 Å². The smallest absolute Gasteiger partial charge is 0.191 e. The summed E-state index contributed by atoms with van der Waals surface area (Å²) in [6.07, 6.45) is 0. The fraction of sp³-hybridized carbons (Fsp3) is 0.409. The lowest BCUT2D eigenvalue weighted by atomic mass is 10.1. The third-order valence-corrected chi connectivity index (χ3v) is 4.31. The highest BCUT2D eigenvalue weighted by Gasteiger charge is 2.08. The first-order valence-electron chi connectivity index (χ1n) is 9.67. The molecule has 0 amide bonds. The number of hydrogen-bond acceptors (Lipinski definition) is 5. The fourth-order valence-corrected chi connectivity index (χ4v) is 2.71. The molecule has 0 heterocycles. The summed E-state index contributed by atoms with van der Waals surface area (Å²) in [7, 11) is 3.30. The Labute approximate surface area is 195 Å². The summed E-state index contributed by atoms with van der Waals surface area (Å²) in [6, 6.07) is 11.2. The lowest BCUT2D eigenvalue weighted by Crippen LogP contribution is -2.36. The second-order valence-electron chi connectivity index (χ2n) is 6.43. The number of aromatic hydroxyl groups is 1. The van der Waals surface area contributed by atoms with Crippen LogP contribution in [0.1, 0.15) is 23.6 Å². The molecule has 0 bridgehead atoms. The topological polar surface area (TPSA) is 84.3 Å². The van der Waals surface area contributed by atoms with Gasteiger partial charge in [-0.15, -0.1) is 24.0 Å². The van der Waals surface area contributed by atoms with Gasteiger partial charge in [0.2, 0.25) is 0 Å². The van der Waals surface area contributed by atoms with Crippen LogP contribution in [0.5, 0.6) is 17.2 Å². The average molecular weight is 529 g/mol. The standard InChI is InChI=1S/C22H31N3O4.HI/c1-5-28-10-11-29-21-12-16(2)6-7-17(21)14-24-22(23-3)25-15-18-13-19(27-4)8-9-20(18)26;/h6-9,12-13,26H,5,10-11,14-15H2,1-4H3,(H2,23,24,25);1H. The van der Waals surface area contributed by atoms with E-state index in [2.05, 4.69) is 21.7 Å². The summed E-state index contributed by atoms with van der Waals surface area (Å²) in [5.74, 6) is 2.35. The Morgan fingerprint density at radius 2 is 1.77 bits per heavy atom. The van der Waals surface area contributed by atoms with Crippen LogP contribution in [0.25, 0.3) is 0 Å². The van der Waals surface area contributed by atoms with Gasteiger partial charge in [-0.1, -0.05) is 12.1 Å². The van der Waals surface area contributed by atoms with E-state index in [-0.39, 0.29) is 29.7 Å². The lowest BCUT2D eigenvalue weighted by molar-refractivity contribution is 0.110. The maximum Gasteiger partial charge on any atom is 0.191 e. The fourth-order valence-electron chi connectivity index (χ4n) is 2.71. The number of phenolic OH excluding ortho intramolecular Hbond substituents is 1. The van der Waals surface area contributed by atoms with Crippen molar-refractivity contribution >= 4 is 29.9 Å². The van der Waals surface area contributed by atoms with E-state index in [9.17, 15) is 5.11 Å². The van der Waals surface area contributed by atoms with Crippen molar-refractivity contribution in [2.75, 3.05) is 34.0 Å². The zero-order valence-corrected chi connectivity index (χ0v) is 20.4. The Balaban J connectivity index is 0.00000450. The average Bonchev–Trinajstić information content (AvgIpc) is 2.73. The molecule has 3 N–H and O–H groups in total. The highest BCUT2D eigenvalue weighted by atomic mass is 127. The first-order chi connectivity index (χ1) is 14.1. The number of aliphatic imine (C=N–C) groups is 1. The molecule has 0 aliphatic heterocycles. The van der Waals surface area contributed by atoms with E-state index in [4.69, 9.17) is 14.2 Å². The molecule has 7 nitrogen and oxygen atoms in total. The molecule has 0 aliphatic rings. The number of halogens is 1. The monoisotopic (exact) mass is 529 g/mol. The van der Waals surface area contributed by atoms with Crippen LogP contribution in [0.3, 0.4) is 0 Å². The number of nitrogens with zero attached hydrogens (tertiary/aromatic N) is 1. The molecule has 0 radical (unpaired) electrons. The molecule has 8 heteroatoms. The van der Waals surface area contributed by atoms with Crippen LogP contribution in [0.4, 0.5) is 0 Å². The number of rotatable bonds is 10. The van der Waals surface area contributed by atoms with Crippen molar-refractivity contribution in [3.63, 3.8) is 0 Å². The second-order valence-corrected chi connectivity index (χ2v) is 6.43. The second kappa shape index (κ2) is 13.9. The molecule has 2 aromatic carbocycles. The lowest BCUT2D eigenvalue weighted by Gasteiger charge is -2.16. The first kappa shape index (κ1) is 25.8. The SMILES string of the molecule is CCOCCOc1cc(C)ccc1CNC(=NC)NCc1cc(OC)ccc1O.I. The van der Waals surface area contributed by atoms with Crippen molar-refractivity contribution in [1.29, 1.82) is 0 Å². The number of phenols is 1. The molecule has 0 spiro atoms. The molecule has 0 aromatic heterocycles. The number of nitrogens with one attached hydrogen (secondary N) is 2. The molecule has 0 unspecified atom stereocenters. The van der Waals surface area contributed by atoms with Gasteiger partial charge < -0.3 is 30.0 Å². The van der Waals surface area contributed by atoms with E-state index < -0.39 is 0 Å². The summed E-state index contributed by atoms with van der Waals surface area (Å²) >= 11 is 0. The van der Waals surface area contributed by atoms with Crippen LogP contribution in [-0.4, -0.2) is 45.0 Å². The van der Waals surface area contributed by atoms with E-state index in [0.29, 0.717) is 44.6 Å². The third-order valence-electron chi connectivity index (χ3n) is 4.31. The van der Waals surface area contributed by atoms with Gasteiger partial charge in [0, 0.05) is 37.9 Å². The molecule has 30 heavy (non-hydrogen) atoms. The summed E-state index contributed by atoms with van der Waals surface area (Å²) in [5.41, 5.74) is 2.89. The highest BCUT2D eigenvalue weighted by Crippen LogP contribution is 2.23. The minimum atomic E-state index is 0. The normalized spacial score (nSPS) is 10.9. The predicted molar refractivity (Wildman–Crippen MR) is 130 cm³/mol. The van der Waals surface area contributed by atoms with Gasteiger partial charge in [-0.25, -0.2) is 0 Å². The Morgan fingerprint density at radius 1 is 1.03 bits per heavy atom. The van der Waals surface area contributed by atoms with Crippen molar-refractivity contribution in [2.24, 2.45) is 4.99 Å². The maximum absolute atomic E-state index is 10.0. The van der Waals surface area contributed by atoms with Crippen molar-refractivity contribution < 1.29 is 19.3 Å². The number of benzene rings is 2. The van der Waals surface area contributed by atoms with Gasteiger partial charge in [-0.05, 0) is 43.7 Å². The largest absolute Gasteiger partial charge is 0.508 e. The zero-order chi connectivity index (χ0) is 21.1. The van der Waals surface area contributed by atoms with E-state index in [1.54, 1.807) is 32.4 Å². The van der Waals surface area contributed by atoms with E-state index >= 15 is 0 Å². The molecular formula is C22H32IN3O4. The van der Waals surface area contributed by atoms with Crippen LogP contribution >= 0.6 is 24.0 Å². The number of methoxy groups -OCH3 is 1. The Morgan fingerprint density at radius 3 is 2.43 bits per heavy atom. The van der Waals surface area contributed by atoms with Gasteiger partial charge in [0.25, 0.3) is 0 Å². The molecule has 0 aliphatic carbocycles. The maximum atomic E-state index is 10.0. The van der Waals surface area contributed by atoms with Crippen LogP contribution < -0.4 is 20.1 Å². The summed E-state index contributed by atoms with van der Waals surface area (Å²) < 4.78 is 16.4. The number of ether oxygens (including phenoxy) is 3. The van der Waals surface area contributed by atoms with Gasteiger partial charge in [-0.3, -0.25) is 4.99 Å².